The maximum Gasteiger partial charge on any atom is 0.0602 e. The number of para-hydroxylation sites is 2. The Kier molecular flexibility index (Phi) is 4.14. The summed E-state index contributed by atoms with van der Waals surface area (Å²) in [7, 11) is 0. The van der Waals surface area contributed by atoms with E-state index in [2.05, 4.69) is 66.5 Å². The summed E-state index contributed by atoms with van der Waals surface area (Å²) in [6.07, 6.45) is 2.62. The first kappa shape index (κ1) is 14.0. The van der Waals surface area contributed by atoms with E-state index in [-0.39, 0.29) is 0 Å². The van der Waals surface area contributed by atoms with Gasteiger partial charge in [0.1, 0.15) is 0 Å². The Morgan fingerprint density at radius 2 is 1.57 bits per heavy atom. The van der Waals surface area contributed by atoms with Gasteiger partial charge in [-0.3, -0.25) is 0 Å². The molecule has 0 bridgehead atoms. The summed E-state index contributed by atoms with van der Waals surface area (Å²) < 4.78 is 0. The fourth-order valence-electron chi connectivity index (χ4n) is 3.17. The molecular weight excluding hydrogens is 256 g/mol. The average Bonchev–Trinajstić information content (AvgIpc) is 3.01. The Hall–Kier alpha value is -1.96. The molecule has 0 amide bonds. The highest BCUT2D eigenvalue weighted by Gasteiger charge is 2.15. The van der Waals surface area contributed by atoms with Crippen LogP contribution in [-0.4, -0.2) is 13.1 Å². The minimum absolute atomic E-state index is 0.892. The zero-order valence-electron chi connectivity index (χ0n) is 13.0. The minimum Gasteiger partial charge on any atom is -0.379 e. The molecule has 0 aromatic heterocycles. The van der Waals surface area contributed by atoms with E-state index in [0.29, 0.717) is 0 Å². The van der Waals surface area contributed by atoms with E-state index in [1.54, 1.807) is 0 Å². The van der Waals surface area contributed by atoms with E-state index >= 15 is 0 Å². The third kappa shape index (κ3) is 3.05. The summed E-state index contributed by atoms with van der Waals surface area (Å²) in [5.74, 6) is 0. The molecule has 0 saturated carbocycles. The molecule has 1 fully saturated rings. The predicted octanol–water partition coefficient (Wildman–Crippen LogP) is 4.52. The molecular formula is C19H24N2. The topological polar surface area (TPSA) is 15.3 Å². The molecule has 1 aliphatic rings. The van der Waals surface area contributed by atoms with Crippen molar-refractivity contribution in [1.82, 2.24) is 0 Å². The monoisotopic (exact) mass is 280 g/mol. The van der Waals surface area contributed by atoms with Crippen LogP contribution in [0.1, 0.15) is 29.5 Å². The van der Waals surface area contributed by atoms with Crippen LogP contribution >= 0.6 is 0 Å². The second-order valence-corrected chi connectivity index (χ2v) is 5.94. The fourth-order valence-corrected chi connectivity index (χ4v) is 3.17. The quantitative estimate of drug-likeness (QED) is 0.886. The average molecular weight is 280 g/mol. The molecule has 1 saturated heterocycles. The number of benzene rings is 2. The highest BCUT2D eigenvalue weighted by Crippen LogP contribution is 2.29. The van der Waals surface area contributed by atoms with Crippen molar-refractivity contribution in [3.63, 3.8) is 0 Å². The zero-order valence-corrected chi connectivity index (χ0v) is 13.0. The van der Waals surface area contributed by atoms with Gasteiger partial charge in [0.15, 0.2) is 0 Å². The molecule has 2 nitrogen and oxygen atoms in total. The van der Waals surface area contributed by atoms with Crippen LogP contribution in [0.25, 0.3) is 0 Å². The molecule has 0 radical (unpaired) electrons. The first-order chi connectivity index (χ1) is 10.3. The molecule has 2 heteroatoms. The van der Waals surface area contributed by atoms with E-state index in [9.17, 15) is 0 Å². The van der Waals surface area contributed by atoms with Crippen molar-refractivity contribution in [3.8, 4) is 0 Å². The van der Waals surface area contributed by atoms with Gasteiger partial charge in [0.25, 0.3) is 0 Å². The lowest BCUT2D eigenvalue weighted by atomic mass is 10.0. The van der Waals surface area contributed by atoms with Gasteiger partial charge in [0.2, 0.25) is 0 Å². The van der Waals surface area contributed by atoms with E-state index in [1.807, 2.05) is 0 Å². The normalized spacial score (nSPS) is 14.5. The number of hydrogen-bond acceptors (Lipinski definition) is 2. The van der Waals surface area contributed by atoms with Crippen LogP contribution < -0.4 is 10.2 Å². The number of nitrogens with one attached hydrogen (secondary N) is 1. The molecule has 2 aromatic carbocycles. The number of rotatable bonds is 4. The summed E-state index contributed by atoms with van der Waals surface area (Å²) in [6, 6.07) is 15.2. The van der Waals surface area contributed by atoms with Crippen LogP contribution in [0.2, 0.25) is 0 Å². The van der Waals surface area contributed by atoms with Crippen molar-refractivity contribution < 1.29 is 0 Å². The molecule has 21 heavy (non-hydrogen) atoms. The first-order valence-corrected chi connectivity index (χ1v) is 7.88. The highest BCUT2D eigenvalue weighted by molar-refractivity contribution is 5.70. The Labute approximate surface area is 127 Å². The zero-order chi connectivity index (χ0) is 14.7. The van der Waals surface area contributed by atoms with Crippen molar-refractivity contribution in [2.24, 2.45) is 0 Å². The van der Waals surface area contributed by atoms with E-state index < -0.39 is 0 Å². The number of anilines is 2. The number of hydrogen-bond donors (Lipinski definition) is 1. The van der Waals surface area contributed by atoms with Crippen molar-refractivity contribution in [2.75, 3.05) is 23.3 Å². The Balaban J connectivity index is 1.79. The third-order valence-electron chi connectivity index (χ3n) is 4.45. The van der Waals surface area contributed by atoms with E-state index in [1.165, 1.54) is 54.0 Å². The molecule has 0 unspecified atom stereocenters. The van der Waals surface area contributed by atoms with Gasteiger partial charge in [-0.15, -0.1) is 0 Å². The van der Waals surface area contributed by atoms with Crippen molar-refractivity contribution in [2.45, 2.75) is 33.2 Å². The van der Waals surface area contributed by atoms with Gasteiger partial charge < -0.3 is 10.2 Å². The second kappa shape index (κ2) is 6.21. The molecule has 1 aliphatic heterocycles. The Morgan fingerprint density at radius 3 is 2.29 bits per heavy atom. The molecule has 110 valence electrons. The molecule has 2 aromatic rings. The van der Waals surface area contributed by atoms with Gasteiger partial charge in [0.05, 0.1) is 11.4 Å². The van der Waals surface area contributed by atoms with Gasteiger partial charge >= 0.3 is 0 Å². The maximum atomic E-state index is 3.65. The van der Waals surface area contributed by atoms with E-state index in [4.69, 9.17) is 0 Å². The Morgan fingerprint density at radius 1 is 0.905 bits per heavy atom. The summed E-state index contributed by atoms with van der Waals surface area (Å²) in [5.41, 5.74) is 6.74. The van der Waals surface area contributed by atoms with Crippen molar-refractivity contribution in [1.29, 1.82) is 0 Å². The van der Waals surface area contributed by atoms with Crippen LogP contribution in [0.3, 0.4) is 0 Å². The minimum atomic E-state index is 0.892. The number of aryl methyl sites for hydroxylation is 2. The van der Waals surface area contributed by atoms with Crippen molar-refractivity contribution in [3.05, 3.63) is 59.2 Å². The maximum absolute atomic E-state index is 3.65. The number of nitrogens with zero attached hydrogens (tertiary/aromatic N) is 1. The van der Waals surface area contributed by atoms with Crippen LogP contribution in [0.4, 0.5) is 11.4 Å². The molecule has 3 rings (SSSR count). The van der Waals surface area contributed by atoms with Gasteiger partial charge in [-0.2, -0.15) is 0 Å². The van der Waals surface area contributed by atoms with Crippen LogP contribution in [0.15, 0.2) is 42.5 Å². The standard InChI is InChI=1S/C19H24N2/c1-15-8-7-9-16(2)17(15)14-20-18-10-3-4-11-19(18)21-12-5-6-13-21/h3-4,7-11,20H,5-6,12-14H2,1-2H3. The van der Waals surface area contributed by atoms with Crippen LogP contribution in [0.5, 0.6) is 0 Å². The van der Waals surface area contributed by atoms with Crippen LogP contribution in [0, 0.1) is 13.8 Å². The van der Waals surface area contributed by atoms with Gasteiger partial charge in [-0.25, -0.2) is 0 Å². The molecule has 1 heterocycles. The Bertz CT molecular complexity index is 592. The lowest BCUT2D eigenvalue weighted by molar-refractivity contribution is 0.949. The van der Waals surface area contributed by atoms with Gasteiger partial charge in [-0.1, -0.05) is 30.3 Å². The van der Waals surface area contributed by atoms with E-state index in [0.717, 1.165) is 6.54 Å². The molecule has 0 atom stereocenters. The summed E-state index contributed by atoms with van der Waals surface area (Å²) in [4.78, 5) is 2.49. The fraction of sp³-hybridized carbons (Fsp3) is 0.368. The summed E-state index contributed by atoms with van der Waals surface area (Å²) >= 11 is 0. The van der Waals surface area contributed by atoms with Crippen LogP contribution in [-0.2, 0) is 6.54 Å². The molecule has 0 spiro atoms. The second-order valence-electron chi connectivity index (χ2n) is 5.94. The molecule has 0 aliphatic carbocycles. The lowest BCUT2D eigenvalue weighted by Gasteiger charge is -2.22. The van der Waals surface area contributed by atoms with Gasteiger partial charge in [-0.05, 0) is 55.5 Å². The van der Waals surface area contributed by atoms with Crippen molar-refractivity contribution >= 4 is 11.4 Å². The largest absolute Gasteiger partial charge is 0.379 e. The smallest absolute Gasteiger partial charge is 0.0602 e. The summed E-state index contributed by atoms with van der Waals surface area (Å²) in [6.45, 7) is 7.64. The lowest BCUT2D eigenvalue weighted by Crippen LogP contribution is -2.19. The SMILES string of the molecule is Cc1cccc(C)c1CNc1ccccc1N1CCCC1. The highest BCUT2D eigenvalue weighted by atomic mass is 15.2. The first-order valence-electron chi connectivity index (χ1n) is 7.88. The summed E-state index contributed by atoms with van der Waals surface area (Å²) in [5, 5.41) is 3.65. The third-order valence-corrected chi connectivity index (χ3v) is 4.45. The predicted molar refractivity (Wildman–Crippen MR) is 91.1 cm³/mol. The molecule has 1 N–H and O–H groups in total. The van der Waals surface area contributed by atoms with Gasteiger partial charge in [0, 0.05) is 19.6 Å².